The minimum Gasteiger partial charge on any atom is -0.371 e. The second kappa shape index (κ2) is 13.5. The maximum absolute atomic E-state index is 14.3. The monoisotopic (exact) mass is 574 g/mol. The summed E-state index contributed by atoms with van der Waals surface area (Å²) in [6.45, 7) is 4.86. The lowest BCUT2D eigenvalue weighted by Crippen LogP contribution is -2.46. The summed E-state index contributed by atoms with van der Waals surface area (Å²) in [5.74, 6) is 0.223. The first-order chi connectivity index (χ1) is 18.8. The number of nitrogens with zero attached hydrogens (tertiary/aromatic N) is 2. The molecule has 3 atom stereocenters. The molecule has 2 unspecified atom stereocenters. The van der Waals surface area contributed by atoms with Gasteiger partial charge in [0.05, 0.1) is 10.6 Å². The number of rotatable bonds is 11. The number of nitrogens with one attached hydrogen (secondary N) is 2. The Morgan fingerprint density at radius 3 is 2.49 bits per heavy atom. The van der Waals surface area contributed by atoms with Gasteiger partial charge in [0.25, 0.3) is 5.91 Å². The quantitative estimate of drug-likeness (QED) is 0.397. The smallest absolute Gasteiger partial charge is 0.258 e. The fourth-order valence-corrected chi connectivity index (χ4v) is 6.23. The first-order valence-electron chi connectivity index (χ1n) is 13.4. The van der Waals surface area contributed by atoms with Crippen LogP contribution in [0.3, 0.4) is 0 Å². The summed E-state index contributed by atoms with van der Waals surface area (Å²) in [7, 11) is 0. The number of benzene rings is 2. The third kappa shape index (κ3) is 7.45. The molecule has 2 aromatic carbocycles. The third-order valence-corrected chi connectivity index (χ3v) is 8.43. The Hall–Kier alpha value is -2.78. The van der Waals surface area contributed by atoms with Crippen LogP contribution in [-0.4, -0.2) is 73.4 Å². The molecule has 2 saturated heterocycles. The van der Waals surface area contributed by atoms with Crippen molar-refractivity contribution in [2.24, 2.45) is 11.8 Å². The third-order valence-electron chi connectivity index (χ3n) is 7.47. The Bertz CT molecular complexity index is 1160. The van der Waals surface area contributed by atoms with Gasteiger partial charge >= 0.3 is 0 Å². The van der Waals surface area contributed by atoms with E-state index in [4.69, 9.17) is 11.6 Å². The summed E-state index contributed by atoms with van der Waals surface area (Å²) >= 11 is 7.77. The average molecular weight is 575 g/mol. The van der Waals surface area contributed by atoms with Crippen molar-refractivity contribution < 1.29 is 18.8 Å². The van der Waals surface area contributed by atoms with Gasteiger partial charge in [0, 0.05) is 57.2 Å². The van der Waals surface area contributed by atoms with Gasteiger partial charge in [0.15, 0.2) is 0 Å². The molecule has 3 amide bonds. The summed E-state index contributed by atoms with van der Waals surface area (Å²) in [6, 6.07) is 12.3. The Morgan fingerprint density at radius 1 is 1.10 bits per heavy atom. The number of hydrogen-bond acceptors (Lipinski definition) is 5. The highest BCUT2D eigenvalue weighted by Crippen LogP contribution is 2.35. The van der Waals surface area contributed by atoms with Crippen LogP contribution in [0.15, 0.2) is 42.5 Å². The van der Waals surface area contributed by atoms with E-state index in [-0.39, 0.29) is 28.3 Å². The molecule has 0 aliphatic carbocycles. The zero-order chi connectivity index (χ0) is 27.9. The zero-order valence-corrected chi connectivity index (χ0v) is 24.0. The second-order valence-corrected chi connectivity index (χ2v) is 11.7. The molecular formula is C29H36ClFN4O3S. The fourth-order valence-electron chi connectivity index (χ4n) is 5.52. The first-order valence-corrected chi connectivity index (χ1v) is 15.1. The van der Waals surface area contributed by atoms with Gasteiger partial charge in [0.1, 0.15) is 11.9 Å². The molecule has 2 N–H and O–H groups in total. The normalized spacial score (nSPS) is 19.1. The number of anilines is 1. The summed E-state index contributed by atoms with van der Waals surface area (Å²) in [6.07, 6.45) is 4.21. The molecule has 2 aliphatic heterocycles. The minimum absolute atomic E-state index is 0.0366. The molecule has 210 valence electrons. The van der Waals surface area contributed by atoms with Crippen molar-refractivity contribution in [1.82, 2.24) is 15.5 Å². The van der Waals surface area contributed by atoms with Crippen molar-refractivity contribution in [3.05, 3.63) is 64.4 Å². The molecular weight excluding hydrogens is 539 g/mol. The molecule has 0 aromatic heterocycles. The number of thioether (sulfide) groups is 1. The number of carbonyl (C=O) groups is 3. The Balaban J connectivity index is 1.25. The largest absolute Gasteiger partial charge is 0.371 e. The topological polar surface area (TPSA) is 81.8 Å². The molecule has 10 heteroatoms. The van der Waals surface area contributed by atoms with Gasteiger partial charge in [-0.05, 0) is 61.1 Å². The molecule has 0 saturated carbocycles. The first kappa shape index (κ1) is 29.2. The highest BCUT2D eigenvalue weighted by molar-refractivity contribution is 7.98. The fraction of sp³-hybridized carbons (Fsp3) is 0.483. The van der Waals surface area contributed by atoms with E-state index < -0.39 is 11.9 Å². The lowest BCUT2D eigenvalue weighted by atomic mass is 10.0. The highest BCUT2D eigenvalue weighted by atomic mass is 35.5. The summed E-state index contributed by atoms with van der Waals surface area (Å²) in [5.41, 5.74) is 2.32. The maximum Gasteiger partial charge on any atom is 0.258 e. The van der Waals surface area contributed by atoms with Crippen LogP contribution in [0.2, 0.25) is 5.02 Å². The van der Waals surface area contributed by atoms with Crippen molar-refractivity contribution in [1.29, 1.82) is 0 Å². The summed E-state index contributed by atoms with van der Waals surface area (Å²) in [5, 5.41) is 5.85. The highest BCUT2D eigenvalue weighted by Gasteiger charge is 2.42. The van der Waals surface area contributed by atoms with Crippen molar-refractivity contribution in [2.45, 2.75) is 32.2 Å². The maximum atomic E-state index is 14.3. The zero-order valence-electron chi connectivity index (χ0n) is 22.4. The van der Waals surface area contributed by atoms with E-state index in [9.17, 15) is 18.8 Å². The summed E-state index contributed by atoms with van der Waals surface area (Å²) < 4.78 is 14.3. The van der Waals surface area contributed by atoms with Gasteiger partial charge in [0.2, 0.25) is 11.8 Å². The van der Waals surface area contributed by atoms with Crippen LogP contribution in [0, 0.1) is 17.7 Å². The van der Waals surface area contributed by atoms with Crippen LogP contribution in [0.1, 0.15) is 35.7 Å². The molecule has 0 radical (unpaired) electrons. The predicted molar refractivity (Wildman–Crippen MR) is 155 cm³/mol. The lowest BCUT2D eigenvalue weighted by molar-refractivity contribution is -0.128. The van der Waals surface area contributed by atoms with E-state index in [0.29, 0.717) is 37.9 Å². The second-order valence-electron chi connectivity index (χ2n) is 10.3. The standard InChI is InChI=1S/C29H36ClFN4O3S/c1-19(36)33-26(11-13-39-2)28(37)32-12-5-7-20-6-3-8-23(14-20)34-15-21-17-35(18-22(21)16-34)29(38)27-24(30)9-4-10-25(27)31/h3-4,6,8-10,14,21-22,26H,5,7,11-13,15-18H2,1-2H3,(H,32,37)(H,33,36)/t21?,22?,26-/m0/s1. The molecule has 2 aliphatic rings. The van der Waals surface area contributed by atoms with E-state index in [2.05, 4.69) is 39.8 Å². The number of aryl methyl sites for hydroxylation is 1. The number of fused-ring (bicyclic) bond motifs is 1. The van der Waals surface area contributed by atoms with Crippen molar-refractivity contribution in [2.75, 3.05) is 49.6 Å². The number of likely N-dealkylation sites (tertiary alicyclic amines) is 1. The van der Waals surface area contributed by atoms with Crippen molar-refractivity contribution >= 4 is 46.8 Å². The van der Waals surface area contributed by atoms with E-state index in [0.717, 1.165) is 37.4 Å². The average Bonchev–Trinajstić information content (AvgIpc) is 3.49. The molecule has 39 heavy (non-hydrogen) atoms. The molecule has 2 fully saturated rings. The molecule has 2 aromatic rings. The van der Waals surface area contributed by atoms with Crippen LogP contribution >= 0.6 is 23.4 Å². The van der Waals surface area contributed by atoms with Crippen LogP contribution in [-0.2, 0) is 16.0 Å². The van der Waals surface area contributed by atoms with Gasteiger partial charge in [-0.1, -0.05) is 29.8 Å². The van der Waals surface area contributed by atoms with E-state index in [1.54, 1.807) is 22.7 Å². The number of amides is 3. The molecule has 0 bridgehead atoms. The van der Waals surface area contributed by atoms with E-state index in [1.165, 1.54) is 24.6 Å². The SMILES string of the molecule is CSCC[C@H](NC(C)=O)C(=O)NCCCc1cccc(N2CC3CN(C(=O)c4c(F)cccc4Cl)CC3C2)c1. The lowest BCUT2D eigenvalue weighted by Gasteiger charge is -2.24. The predicted octanol–water partition coefficient (Wildman–Crippen LogP) is 3.99. The van der Waals surface area contributed by atoms with Crippen LogP contribution < -0.4 is 15.5 Å². The molecule has 4 rings (SSSR count). The molecule has 7 nitrogen and oxygen atoms in total. The van der Waals surface area contributed by atoms with Crippen molar-refractivity contribution in [3.63, 3.8) is 0 Å². The number of hydrogen-bond donors (Lipinski definition) is 2. The van der Waals surface area contributed by atoms with Gasteiger partial charge in [-0.25, -0.2) is 4.39 Å². The number of carbonyl (C=O) groups excluding carboxylic acids is 3. The minimum atomic E-state index is -0.578. The van der Waals surface area contributed by atoms with Crippen LogP contribution in [0.5, 0.6) is 0 Å². The Morgan fingerprint density at radius 2 is 1.82 bits per heavy atom. The van der Waals surface area contributed by atoms with Gasteiger partial charge in [-0.2, -0.15) is 11.8 Å². The van der Waals surface area contributed by atoms with Gasteiger partial charge in [-0.15, -0.1) is 0 Å². The van der Waals surface area contributed by atoms with E-state index in [1.807, 2.05) is 6.26 Å². The van der Waals surface area contributed by atoms with Gasteiger partial charge in [-0.3, -0.25) is 14.4 Å². The van der Waals surface area contributed by atoms with Crippen LogP contribution in [0.4, 0.5) is 10.1 Å². The molecule has 2 heterocycles. The summed E-state index contributed by atoms with van der Waals surface area (Å²) in [4.78, 5) is 41.0. The molecule has 0 spiro atoms. The Labute approximate surface area is 238 Å². The van der Waals surface area contributed by atoms with Crippen LogP contribution in [0.25, 0.3) is 0 Å². The number of halogens is 2. The van der Waals surface area contributed by atoms with Gasteiger partial charge < -0.3 is 20.4 Å². The van der Waals surface area contributed by atoms with E-state index >= 15 is 0 Å². The Kier molecular flexibility index (Phi) is 10.1. The van der Waals surface area contributed by atoms with Crippen molar-refractivity contribution in [3.8, 4) is 0 Å².